The van der Waals surface area contributed by atoms with Crippen molar-refractivity contribution in [3.05, 3.63) is 12.2 Å². The van der Waals surface area contributed by atoms with E-state index in [1.807, 2.05) is 7.05 Å². The van der Waals surface area contributed by atoms with Gasteiger partial charge in [-0.05, 0) is 39.3 Å². The largest absolute Gasteiger partial charge is 0.319 e. The molecule has 15 heavy (non-hydrogen) atoms. The van der Waals surface area contributed by atoms with Crippen LogP contribution in [0.1, 0.15) is 32.1 Å². The first kappa shape index (κ1) is 12.7. The Morgan fingerprint density at radius 3 is 2.80 bits per heavy atom. The summed E-state index contributed by atoms with van der Waals surface area (Å²) in [5.41, 5.74) is 1.06. The highest BCUT2D eigenvalue weighted by Gasteiger charge is 2.28. The average molecular weight is 231 g/mol. The summed E-state index contributed by atoms with van der Waals surface area (Å²) in [6.45, 7) is 4.83. The molecule has 1 rings (SSSR count). The van der Waals surface area contributed by atoms with Gasteiger partial charge in [0.2, 0.25) is 0 Å². The molecule has 0 aromatic carbocycles. The Kier molecular flexibility index (Phi) is 4.80. The minimum absolute atomic E-state index is 0.157. The lowest BCUT2D eigenvalue weighted by molar-refractivity contribution is 0.534. The van der Waals surface area contributed by atoms with Crippen LogP contribution in [0.4, 0.5) is 0 Å². The summed E-state index contributed by atoms with van der Waals surface area (Å²) in [7, 11) is -0.931. The lowest BCUT2D eigenvalue weighted by Crippen LogP contribution is -2.29. The maximum Gasteiger partial charge on any atom is 0.153 e. The van der Waals surface area contributed by atoms with Crippen LogP contribution in [-0.4, -0.2) is 33.0 Å². The summed E-state index contributed by atoms with van der Waals surface area (Å²) in [4.78, 5) is 0. The molecule has 0 aromatic rings. The van der Waals surface area contributed by atoms with Crippen molar-refractivity contribution in [2.75, 3.05) is 19.3 Å². The Morgan fingerprint density at radius 2 is 2.20 bits per heavy atom. The molecule has 1 heterocycles. The van der Waals surface area contributed by atoms with Gasteiger partial charge in [-0.25, -0.2) is 8.42 Å². The molecule has 1 unspecified atom stereocenters. The first-order valence-electron chi connectivity index (χ1n) is 5.59. The van der Waals surface area contributed by atoms with Crippen LogP contribution in [-0.2, 0) is 9.84 Å². The second-order valence-corrected chi connectivity index (χ2v) is 6.69. The van der Waals surface area contributed by atoms with Crippen LogP contribution < -0.4 is 5.32 Å². The standard InChI is InChI=1S/C11H21NO2S/c1-10(6-7-12-2)9-11-5-3-4-8-15(11,13)14/h11-12H,1,3-9H2,2H3. The van der Waals surface area contributed by atoms with Crippen molar-refractivity contribution in [2.24, 2.45) is 0 Å². The summed E-state index contributed by atoms with van der Waals surface area (Å²) in [5.74, 6) is 0.372. The second kappa shape index (κ2) is 5.66. The molecule has 0 bridgehead atoms. The first-order chi connectivity index (χ1) is 7.06. The summed E-state index contributed by atoms with van der Waals surface area (Å²) < 4.78 is 23.5. The number of hydrogen-bond donors (Lipinski definition) is 1. The molecule has 1 aliphatic rings. The average Bonchev–Trinajstić information content (AvgIpc) is 2.18. The normalized spacial score (nSPS) is 25.0. The summed E-state index contributed by atoms with van der Waals surface area (Å²) >= 11 is 0. The third-order valence-electron chi connectivity index (χ3n) is 2.96. The Hall–Kier alpha value is -0.350. The molecule has 1 aliphatic heterocycles. The maximum atomic E-state index is 11.7. The van der Waals surface area contributed by atoms with Gasteiger partial charge < -0.3 is 5.32 Å². The topological polar surface area (TPSA) is 46.2 Å². The van der Waals surface area contributed by atoms with Crippen LogP contribution in [0.15, 0.2) is 12.2 Å². The van der Waals surface area contributed by atoms with Gasteiger partial charge >= 0.3 is 0 Å². The fourth-order valence-electron chi connectivity index (χ4n) is 1.98. The third-order valence-corrected chi connectivity index (χ3v) is 5.23. The van der Waals surface area contributed by atoms with E-state index in [1.54, 1.807) is 0 Å². The van der Waals surface area contributed by atoms with Gasteiger partial charge in [0, 0.05) is 0 Å². The molecule has 0 radical (unpaired) electrons. The Balaban J connectivity index is 2.46. The molecule has 0 spiro atoms. The summed E-state index contributed by atoms with van der Waals surface area (Å²) in [5, 5.41) is 2.89. The highest BCUT2D eigenvalue weighted by molar-refractivity contribution is 7.92. The Morgan fingerprint density at radius 1 is 1.47 bits per heavy atom. The van der Waals surface area contributed by atoms with Crippen LogP contribution in [0.5, 0.6) is 0 Å². The van der Waals surface area contributed by atoms with Crippen LogP contribution >= 0.6 is 0 Å². The molecule has 1 N–H and O–H groups in total. The van der Waals surface area contributed by atoms with Crippen molar-refractivity contribution in [1.82, 2.24) is 5.32 Å². The zero-order chi connectivity index (χ0) is 11.3. The van der Waals surface area contributed by atoms with E-state index in [9.17, 15) is 8.42 Å². The number of hydrogen-bond acceptors (Lipinski definition) is 3. The highest BCUT2D eigenvalue weighted by atomic mass is 32.2. The molecule has 0 aliphatic carbocycles. The quantitative estimate of drug-likeness (QED) is 0.730. The van der Waals surface area contributed by atoms with E-state index in [4.69, 9.17) is 0 Å². The zero-order valence-electron chi connectivity index (χ0n) is 9.46. The Labute approximate surface area is 92.9 Å². The smallest absolute Gasteiger partial charge is 0.153 e. The van der Waals surface area contributed by atoms with Gasteiger partial charge in [-0.15, -0.1) is 0 Å². The van der Waals surface area contributed by atoms with E-state index in [0.717, 1.165) is 37.8 Å². The number of nitrogens with one attached hydrogen (secondary N) is 1. The van der Waals surface area contributed by atoms with E-state index in [-0.39, 0.29) is 5.25 Å². The van der Waals surface area contributed by atoms with E-state index < -0.39 is 9.84 Å². The second-order valence-electron chi connectivity index (χ2n) is 4.29. The van der Waals surface area contributed by atoms with E-state index in [2.05, 4.69) is 11.9 Å². The van der Waals surface area contributed by atoms with Crippen molar-refractivity contribution >= 4 is 9.84 Å². The van der Waals surface area contributed by atoms with Crippen molar-refractivity contribution < 1.29 is 8.42 Å². The van der Waals surface area contributed by atoms with Gasteiger partial charge in [0.1, 0.15) is 0 Å². The molecule has 0 saturated carbocycles. The van der Waals surface area contributed by atoms with Gasteiger partial charge in [-0.3, -0.25) is 0 Å². The zero-order valence-corrected chi connectivity index (χ0v) is 10.3. The molecular weight excluding hydrogens is 210 g/mol. The molecular formula is C11H21NO2S. The minimum Gasteiger partial charge on any atom is -0.319 e. The summed E-state index contributed by atoms with van der Waals surface area (Å²) in [6, 6.07) is 0. The molecule has 0 aromatic heterocycles. The lowest BCUT2D eigenvalue weighted by atomic mass is 10.0. The van der Waals surface area contributed by atoms with Crippen molar-refractivity contribution in [2.45, 2.75) is 37.4 Å². The van der Waals surface area contributed by atoms with Gasteiger partial charge in [-0.1, -0.05) is 18.6 Å². The summed E-state index contributed by atoms with van der Waals surface area (Å²) in [6.07, 6.45) is 4.23. The molecule has 1 fully saturated rings. The predicted molar refractivity (Wildman–Crippen MR) is 63.7 cm³/mol. The van der Waals surface area contributed by atoms with Gasteiger partial charge in [0.05, 0.1) is 11.0 Å². The highest BCUT2D eigenvalue weighted by Crippen LogP contribution is 2.25. The predicted octanol–water partition coefficient (Wildman–Crippen LogP) is 1.51. The Bertz CT molecular complexity index is 309. The molecule has 1 saturated heterocycles. The molecule has 3 nitrogen and oxygen atoms in total. The van der Waals surface area contributed by atoms with Crippen molar-refractivity contribution in [3.8, 4) is 0 Å². The van der Waals surface area contributed by atoms with Crippen molar-refractivity contribution in [3.63, 3.8) is 0 Å². The van der Waals surface area contributed by atoms with Crippen LogP contribution in [0.3, 0.4) is 0 Å². The SMILES string of the molecule is C=C(CCNC)CC1CCCCS1(=O)=O. The van der Waals surface area contributed by atoms with Gasteiger partial charge in [0.25, 0.3) is 0 Å². The molecule has 88 valence electrons. The van der Waals surface area contributed by atoms with E-state index >= 15 is 0 Å². The lowest BCUT2D eigenvalue weighted by Gasteiger charge is -2.22. The monoisotopic (exact) mass is 231 g/mol. The van der Waals surface area contributed by atoms with Crippen molar-refractivity contribution in [1.29, 1.82) is 0 Å². The van der Waals surface area contributed by atoms with Crippen LogP contribution in [0.25, 0.3) is 0 Å². The van der Waals surface area contributed by atoms with Crippen LogP contribution in [0.2, 0.25) is 0 Å². The first-order valence-corrected chi connectivity index (χ1v) is 7.30. The van der Waals surface area contributed by atoms with E-state index in [0.29, 0.717) is 12.2 Å². The third kappa shape index (κ3) is 3.95. The van der Waals surface area contributed by atoms with Gasteiger partial charge in [0.15, 0.2) is 9.84 Å². The minimum atomic E-state index is -2.82. The fraction of sp³-hybridized carbons (Fsp3) is 0.818. The molecule has 4 heteroatoms. The van der Waals surface area contributed by atoms with Gasteiger partial charge in [-0.2, -0.15) is 0 Å². The number of sulfone groups is 1. The number of rotatable bonds is 5. The molecule has 1 atom stereocenters. The fourth-order valence-corrected chi connectivity index (χ4v) is 3.93. The maximum absolute atomic E-state index is 11.7. The van der Waals surface area contributed by atoms with E-state index in [1.165, 1.54) is 0 Å². The van der Waals surface area contributed by atoms with Crippen LogP contribution in [0, 0.1) is 0 Å². The molecule has 0 amide bonds.